The number of hydrogen-bond acceptors (Lipinski definition) is 2. The average Bonchev–Trinajstić information content (AvgIpc) is 2.96. The molecule has 0 aliphatic heterocycles. The highest BCUT2D eigenvalue weighted by Crippen LogP contribution is 2.56. The Morgan fingerprint density at radius 3 is 2.43 bits per heavy atom. The third kappa shape index (κ3) is 4.48. The second kappa shape index (κ2) is 6.32. The van der Waals surface area contributed by atoms with Crippen molar-refractivity contribution in [2.24, 2.45) is 0 Å². The van der Waals surface area contributed by atoms with E-state index in [0.717, 1.165) is 5.25 Å². The Morgan fingerprint density at radius 1 is 1.21 bits per heavy atom. The SMILES string of the molecule is CCCCCC(C)SSC1(CC)CC1. The van der Waals surface area contributed by atoms with Gasteiger partial charge in [0.15, 0.2) is 0 Å². The molecular formula is C12H24S2. The van der Waals surface area contributed by atoms with Crippen LogP contribution in [0.15, 0.2) is 0 Å². The van der Waals surface area contributed by atoms with Crippen LogP contribution in [0.1, 0.15) is 65.7 Å². The topological polar surface area (TPSA) is 0 Å². The van der Waals surface area contributed by atoms with Gasteiger partial charge in [-0.05, 0) is 25.7 Å². The third-order valence-corrected chi connectivity index (χ3v) is 7.10. The lowest BCUT2D eigenvalue weighted by atomic mass is 10.2. The van der Waals surface area contributed by atoms with Gasteiger partial charge < -0.3 is 0 Å². The van der Waals surface area contributed by atoms with Crippen molar-refractivity contribution in [2.75, 3.05) is 0 Å². The van der Waals surface area contributed by atoms with Crippen LogP contribution < -0.4 is 0 Å². The first-order chi connectivity index (χ1) is 6.72. The van der Waals surface area contributed by atoms with Crippen LogP contribution in [-0.2, 0) is 0 Å². The van der Waals surface area contributed by atoms with E-state index >= 15 is 0 Å². The zero-order chi connectivity index (χ0) is 10.4. The van der Waals surface area contributed by atoms with Crippen molar-refractivity contribution < 1.29 is 0 Å². The van der Waals surface area contributed by atoms with Crippen LogP contribution in [0, 0.1) is 0 Å². The number of unbranched alkanes of at least 4 members (excludes halogenated alkanes) is 2. The van der Waals surface area contributed by atoms with Gasteiger partial charge in [0, 0.05) is 10.00 Å². The van der Waals surface area contributed by atoms with Gasteiger partial charge in [-0.1, -0.05) is 61.6 Å². The maximum Gasteiger partial charge on any atom is 0.0262 e. The Morgan fingerprint density at radius 2 is 1.93 bits per heavy atom. The molecule has 0 saturated heterocycles. The molecule has 0 bridgehead atoms. The summed E-state index contributed by atoms with van der Waals surface area (Å²) in [5.41, 5.74) is 0. The number of hydrogen-bond donors (Lipinski definition) is 0. The van der Waals surface area contributed by atoms with Crippen LogP contribution in [0.5, 0.6) is 0 Å². The van der Waals surface area contributed by atoms with E-state index in [2.05, 4.69) is 42.4 Å². The lowest BCUT2D eigenvalue weighted by Crippen LogP contribution is -2.00. The first kappa shape index (κ1) is 12.8. The molecule has 1 saturated carbocycles. The van der Waals surface area contributed by atoms with Crippen molar-refractivity contribution >= 4 is 21.6 Å². The smallest absolute Gasteiger partial charge is 0.0262 e. The first-order valence-electron chi connectivity index (χ1n) is 6.07. The molecule has 0 radical (unpaired) electrons. The molecule has 0 spiro atoms. The molecule has 0 aromatic rings. The molecule has 0 N–H and O–H groups in total. The van der Waals surface area contributed by atoms with Crippen LogP contribution in [0.2, 0.25) is 0 Å². The van der Waals surface area contributed by atoms with E-state index in [1.165, 1.54) is 44.9 Å². The van der Waals surface area contributed by atoms with E-state index in [9.17, 15) is 0 Å². The van der Waals surface area contributed by atoms with Crippen molar-refractivity contribution in [3.05, 3.63) is 0 Å². The Bertz CT molecular complexity index is 152. The van der Waals surface area contributed by atoms with Crippen molar-refractivity contribution in [3.8, 4) is 0 Å². The predicted octanol–water partition coefficient (Wildman–Crippen LogP) is 5.28. The highest BCUT2D eigenvalue weighted by Gasteiger charge is 2.41. The van der Waals surface area contributed by atoms with Gasteiger partial charge in [0.05, 0.1) is 0 Å². The van der Waals surface area contributed by atoms with Crippen molar-refractivity contribution in [1.82, 2.24) is 0 Å². The molecule has 1 rings (SSSR count). The molecule has 84 valence electrons. The summed E-state index contributed by atoms with van der Waals surface area (Å²) < 4.78 is 0.698. The van der Waals surface area contributed by atoms with Gasteiger partial charge in [0.25, 0.3) is 0 Å². The average molecular weight is 232 g/mol. The largest absolute Gasteiger partial charge is 0.0904 e. The fraction of sp³-hybridized carbons (Fsp3) is 1.00. The molecule has 1 unspecified atom stereocenters. The standard InChI is InChI=1S/C12H24S2/c1-4-6-7-8-11(3)13-14-12(5-2)9-10-12/h11H,4-10H2,1-3H3. The van der Waals surface area contributed by atoms with E-state index in [0.29, 0.717) is 4.75 Å². The monoisotopic (exact) mass is 232 g/mol. The minimum Gasteiger partial charge on any atom is -0.0904 e. The molecule has 2 heteroatoms. The van der Waals surface area contributed by atoms with E-state index in [1.807, 2.05) is 0 Å². The Hall–Kier alpha value is 0.700. The Balaban J connectivity index is 2.00. The molecule has 1 fully saturated rings. The fourth-order valence-electron chi connectivity index (χ4n) is 1.55. The summed E-state index contributed by atoms with van der Waals surface area (Å²) >= 11 is 0. The summed E-state index contributed by atoms with van der Waals surface area (Å²) in [7, 11) is 4.31. The van der Waals surface area contributed by atoms with Crippen LogP contribution >= 0.6 is 21.6 Å². The molecule has 1 aliphatic rings. The molecule has 1 atom stereocenters. The zero-order valence-electron chi connectivity index (χ0n) is 9.84. The molecule has 0 heterocycles. The first-order valence-corrected chi connectivity index (χ1v) is 8.28. The summed E-state index contributed by atoms with van der Waals surface area (Å²) in [6.45, 7) is 7.00. The molecule has 1 aliphatic carbocycles. The summed E-state index contributed by atoms with van der Waals surface area (Å²) in [4.78, 5) is 0. The maximum absolute atomic E-state index is 2.39. The third-order valence-electron chi connectivity index (χ3n) is 3.06. The summed E-state index contributed by atoms with van der Waals surface area (Å²) in [6, 6.07) is 0. The van der Waals surface area contributed by atoms with Gasteiger partial charge in [-0.2, -0.15) is 0 Å². The van der Waals surface area contributed by atoms with Crippen LogP contribution in [-0.4, -0.2) is 10.00 Å². The minimum atomic E-state index is 0.698. The highest BCUT2D eigenvalue weighted by atomic mass is 33.1. The lowest BCUT2D eigenvalue weighted by molar-refractivity contribution is 0.665. The van der Waals surface area contributed by atoms with E-state index < -0.39 is 0 Å². The van der Waals surface area contributed by atoms with Crippen LogP contribution in [0.3, 0.4) is 0 Å². The molecule has 0 aromatic heterocycles. The quantitative estimate of drug-likeness (QED) is 0.412. The van der Waals surface area contributed by atoms with Crippen molar-refractivity contribution in [3.63, 3.8) is 0 Å². The molecule has 0 nitrogen and oxygen atoms in total. The fourth-order valence-corrected chi connectivity index (χ4v) is 4.81. The zero-order valence-corrected chi connectivity index (χ0v) is 11.5. The van der Waals surface area contributed by atoms with Gasteiger partial charge >= 0.3 is 0 Å². The molecular weight excluding hydrogens is 208 g/mol. The summed E-state index contributed by atoms with van der Waals surface area (Å²) in [6.07, 6.45) is 9.88. The summed E-state index contributed by atoms with van der Waals surface area (Å²) in [5.74, 6) is 0. The summed E-state index contributed by atoms with van der Waals surface area (Å²) in [5, 5.41) is 0.857. The highest BCUT2D eigenvalue weighted by molar-refractivity contribution is 8.77. The van der Waals surface area contributed by atoms with Gasteiger partial charge in [-0.15, -0.1) is 0 Å². The molecule has 0 aromatic carbocycles. The second-order valence-corrected chi connectivity index (χ2v) is 7.63. The normalized spacial score (nSPS) is 20.8. The maximum atomic E-state index is 2.39. The van der Waals surface area contributed by atoms with Gasteiger partial charge in [-0.25, -0.2) is 0 Å². The lowest BCUT2D eigenvalue weighted by Gasteiger charge is -2.15. The van der Waals surface area contributed by atoms with Gasteiger partial charge in [-0.3, -0.25) is 0 Å². The van der Waals surface area contributed by atoms with Gasteiger partial charge in [0.2, 0.25) is 0 Å². The second-order valence-electron chi connectivity index (χ2n) is 4.52. The van der Waals surface area contributed by atoms with Gasteiger partial charge in [0.1, 0.15) is 0 Å². The predicted molar refractivity (Wildman–Crippen MR) is 71.0 cm³/mol. The van der Waals surface area contributed by atoms with E-state index in [-0.39, 0.29) is 0 Å². The van der Waals surface area contributed by atoms with Crippen molar-refractivity contribution in [1.29, 1.82) is 0 Å². The minimum absolute atomic E-state index is 0.698. The van der Waals surface area contributed by atoms with Crippen LogP contribution in [0.25, 0.3) is 0 Å². The molecule has 14 heavy (non-hydrogen) atoms. The molecule has 0 amide bonds. The van der Waals surface area contributed by atoms with E-state index in [4.69, 9.17) is 0 Å². The number of rotatable bonds is 8. The van der Waals surface area contributed by atoms with Crippen LogP contribution in [0.4, 0.5) is 0 Å². The Kier molecular flexibility index (Phi) is 5.76. The van der Waals surface area contributed by atoms with Crippen molar-refractivity contribution in [2.45, 2.75) is 75.7 Å². The Labute approximate surface area is 97.4 Å². The van der Waals surface area contributed by atoms with E-state index in [1.54, 1.807) is 0 Å².